The van der Waals surface area contributed by atoms with Crippen LogP contribution in [0.1, 0.15) is 51.7 Å². The smallest absolute Gasteiger partial charge is 0.308 e. The van der Waals surface area contributed by atoms with Crippen LogP contribution in [0.2, 0.25) is 0 Å². The first-order valence-electron chi connectivity index (χ1n) is 11.5. The Labute approximate surface area is 218 Å². The minimum absolute atomic E-state index is 0.0636. The number of esters is 1. The summed E-state index contributed by atoms with van der Waals surface area (Å²) in [5, 5.41) is 22.0. The summed E-state index contributed by atoms with van der Waals surface area (Å²) in [6.07, 6.45) is -0.0615. The van der Waals surface area contributed by atoms with E-state index in [9.17, 15) is 29.8 Å². The minimum atomic E-state index is -0.569. The molecule has 0 heterocycles. The third-order valence-corrected chi connectivity index (χ3v) is 5.98. The van der Waals surface area contributed by atoms with E-state index in [1.807, 2.05) is 0 Å². The molecule has 0 aliphatic carbocycles. The van der Waals surface area contributed by atoms with Crippen molar-refractivity contribution in [1.82, 2.24) is 0 Å². The zero-order valence-corrected chi connectivity index (χ0v) is 21.0. The lowest BCUT2D eigenvalue weighted by Gasteiger charge is -2.22. The second kappa shape index (κ2) is 12.7. The lowest BCUT2D eigenvalue weighted by molar-refractivity contribution is -0.385. The van der Waals surface area contributed by atoms with Gasteiger partial charge in [-0.05, 0) is 58.7 Å². The minimum Gasteiger partial charge on any atom is -0.426 e. The third-order valence-electron chi connectivity index (χ3n) is 5.98. The van der Waals surface area contributed by atoms with Crippen molar-refractivity contribution >= 4 is 23.6 Å². The lowest BCUT2D eigenvalue weighted by Crippen LogP contribution is -2.14. The predicted molar refractivity (Wildman–Crippen MR) is 136 cm³/mol. The van der Waals surface area contributed by atoms with Crippen molar-refractivity contribution in [3.8, 4) is 5.75 Å². The molecule has 2 unspecified atom stereocenters. The van der Waals surface area contributed by atoms with Crippen LogP contribution >= 0.6 is 0 Å². The number of hydrogen-bond acceptors (Lipinski definition) is 9. The highest BCUT2D eigenvalue weighted by atomic mass is 16.6. The Hall–Kier alpha value is -4.48. The van der Waals surface area contributed by atoms with Crippen molar-refractivity contribution in [2.75, 3.05) is 14.2 Å². The van der Waals surface area contributed by atoms with Gasteiger partial charge < -0.3 is 14.2 Å². The zero-order chi connectivity index (χ0) is 27.8. The van der Waals surface area contributed by atoms with Gasteiger partial charge in [0.1, 0.15) is 12.0 Å². The van der Waals surface area contributed by atoms with Gasteiger partial charge in [-0.3, -0.25) is 29.8 Å². The summed E-state index contributed by atoms with van der Waals surface area (Å²) in [5.41, 5.74) is 2.56. The maximum Gasteiger partial charge on any atom is 0.308 e. The van der Waals surface area contributed by atoms with Crippen molar-refractivity contribution in [3.05, 3.63) is 109 Å². The number of methoxy groups -OCH3 is 2. The number of nitro groups is 2. The van der Waals surface area contributed by atoms with Crippen LogP contribution in [0.25, 0.3) is 0 Å². The van der Waals surface area contributed by atoms with Gasteiger partial charge in [0.15, 0.2) is 0 Å². The van der Waals surface area contributed by atoms with Crippen molar-refractivity contribution in [2.45, 2.75) is 32.0 Å². The molecule has 0 aromatic heterocycles. The summed E-state index contributed by atoms with van der Waals surface area (Å²) in [7, 11) is 2.97. The molecule has 0 radical (unpaired) electrons. The topological polar surface area (TPSA) is 148 Å². The van der Waals surface area contributed by atoms with Crippen molar-refractivity contribution in [1.29, 1.82) is 0 Å². The molecule has 3 aromatic rings. The molecule has 11 nitrogen and oxygen atoms in total. The fraction of sp³-hybridized carbons (Fsp3) is 0.259. The van der Waals surface area contributed by atoms with Gasteiger partial charge in [-0.15, -0.1) is 0 Å². The zero-order valence-electron chi connectivity index (χ0n) is 21.0. The first-order chi connectivity index (χ1) is 18.2. The van der Waals surface area contributed by atoms with E-state index in [0.29, 0.717) is 34.1 Å². The van der Waals surface area contributed by atoms with Crippen molar-refractivity contribution < 1.29 is 33.6 Å². The number of aldehydes is 1. The maximum absolute atomic E-state index is 12.0. The van der Waals surface area contributed by atoms with E-state index in [1.54, 1.807) is 36.4 Å². The normalized spacial score (nSPS) is 12.4. The monoisotopic (exact) mass is 522 g/mol. The summed E-state index contributed by atoms with van der Waals surface area (Å²) in [5.74, 6) is -0.323. The van der Waals surface area contributed by atoms with Gasteiger partial charge in [0, 0.05) is 63.8 Å². The van der Waals surface area contributed by atoms with Gasteiger partial charge in [-0.2, -0.15) is 0 Å². The molecule has 2 atom stereocenters. The number of nitro benzene ring substituents is 2. The molecule has 0 N–H and O–H groups in total. The molecule has 198 valence electrons. The molecule has 0 aliphatic heterocycles. The Morgan fingerprint density at radius 2 is 1.21 bits per heavy atom. The summed E-state index contributed by atoms with van der Waals surface area (Å²) in [6, 6.07) is 15.0. The van der Waals surface area contributed by atoms with Gasteiger partial charge >= 0.3 is 5.97 Å². The Balaban J connectivity index is 2.02. The number of carbonyl (C=O) groups is 2. The van der Waals surface area contributed by atoms with Crippen LogP contribution in [0.4, 0.5) is 11.4 Å². The van der Waals surface area contributed by atoms with Gasteiger partial charge in [0.05, 0.1) is 22.1 Å². The van der Waals surface area contributed by atoms with E-state index >= 15 is 0 Å². The summed E-state index contributed by atoms with van der Waals surface area (Å²) < 4.78 is 16.9. The summed E-state index contributed by atoms with van der Waals surface area (Å²) in [6.45, 7) is 1.26. The third kappa shape index (κ3) is 6.84. The van der Waals surface area contributed by atoms with Crippen molar-refractivity contribution in [2.24, 2.45) is 0 Å². The highest BCUT2D eigenvalue weighted by Crippen LogP contribution is 2.35. The number of benzene rings is 3. The number of rotatable bonds is 12. The molecular weight excluding hydrogens is 496 g/mol. The maximum atomic E-state index is 12.0. The van der Waals surface area contributed by atoms with Crippen LogP contribution in [0, 0.1) is 20.2 Å². The van der Waals surface area contributed by atoms with Crippen molar-refractivity contribution in [3.63, 3.8) is 0 Å². The largest absolute Gasteiger partial charge is 0.426 e. The number of ether oxygens (including phenoxy) is 3. The number of nitrogens with zero attached hydrogens (tertiary/aromatic N) is 2. The van der Waals surface area contributed by atoms with E-state index in [2.05, 4.69) is 0 Å². The molecule has 0 aliphatic rings. The Morgan fingerprint density at radius 3 is 1.50 bits per heavy atom. The fourth-order valence-corrected chi connectivity index (χ4v) is 4.12. The predicted octanol–water partition coefficient (Wildman–Crippen LogP) is 5.10. The molecule has 0 fully saturated rings. The average molecular weight is 523 g/mol. The van der Waals surface area contributed by atoms with Crippen LogP contribution in [-0.2, 0) is 27.1 Å². The molecule has 0 saturated carbocycles. The summed E-state index contributed by atoms with van der Waals surface area (Å²) >= 11 is 0. The number of hydrogen-bond donors (Lipinski definition) is 0. The molecular formula is C27H26N2O9. The van der Waals surface area contributed by atoms with Gasteiger partial charge in [0.25, 0.3) is 11.4 Å². The van der Waals surface area contributed by atoms with Crippen LogP contribution in [-0.4, -0.2) is 36.3 Å². The van der Waals surface area contributed by atoms with E-state index < -0.39 is 28.0 Å². The molecule has 0 amide bonds. The van der Waals surface area contributed by atoms with E-state index in [-0.39, 0.29) is 30.0 Å². The van der Waals surface area contributed by atoms with Crippen LogP contribution in [0.3, 0.4) is 0 Å². The van der Waals surface area contributed by atoms with Gasteiger partial charge in [-0.1, -0.05) is 0 Å². The Kier molecular flexibility index (Phi) is 9.36. The molecule has 0 spiro atoms. The quantitative estimate of drug-likeness (QED) is 0.104. The van der Waals surface area contributed by atoms with Crippen LogP contribution in [0.5, 0.6) is 5.75 Å². The fourth-order valence-electron chi connectivity index (χ4n) is 4.12. The average Bonchev–Trinajstić information content (AvgIpc) is 2.91. The second-order valence-electron chi connectivity index (χ2n) is 8.43. The molecule has 38 heavy (non-hydrogen) atoms. The van der Waals surface area contributed by atoms with E-state index in [0.717, 1.165) is 0 Å². The van der Waals surface area contributed by atoms with E-state index in [4.69, 9.17) is 14.2 Å². The first-order valence-corrected chi connectivity index (χ1v) is 11.5. The van der Waals surface area contributed by atoms with E-state index in [1.165, 1.54) is 45.4 Å². The molecule has 11 heteroatoms. The lowest BCUT2D eigenvalue weighted by atomic mass is 9.93. The molecule has 3 rings (SSSR count). The Bertz CT molecular complexity index is 1230. The highest BCUT2D eigenvalue weighted by Gasteiger charge is 2.23. The molecule has 3 aromatic carbocycles. The number of carbonyl (C=O) groups excluding carboxylic acids is 2. The summed E-state index contributed by atoms with van der Waals surface area (Å²) in [4.78, 5) is 44.9. The molecule has 0 bridgehead atoms. The second-order valence-corrected chi connectivity index (χ2v) is 8.43. The SMILES string of the molecule is COC(Cc1cc(C=O)cc(CC(OC)c2ccc([N+](=O)[O-])cc2)c1OC(C)=O)c1ccc([N+](=O)[O-])cc1. The standard InChI is InChI=1S/C27H26N2O9/c1-17(31)38-27-21(14-25(36-2)19-4-8-23(9-5-19)28(32)33)12-18(16-30)13-22(27)15-26(37-3)20-6-10-24(11-7-20)29(34)35/h4-13,16,25-26H,14-15H2,1-3H3. The van der Waals surface area contributed by atoms with Gasteiger partial charge in [-0.25, -0.2) is 0 Å². The van der Waals surface area contributed by atoms with Gasteiger partial charge in [0.2, 0.25) is 0 Å². The molecule has 0 saturated heterocycles. The van der Waals surface area contributed by atoms with Crippen LogP contribution < -0.4 is 4.74 Å². The number of non-ortho nitro benzene ring substituents is 2. The van der Waals surface area contributed by atoms with Crippen LogP contribution in [0.15, 0.2) is 60.7 Å². The Morgan fingerprint density at radius 1 is 0.816 bits per heavy atom. The highest BCUT2D eigenvalue weighted by molar-refractivity contribution is 5.78. The first kappa shape index (κ1) is 28.1.